The summed E-state index contributed by atoms with van der Waals surface area (Å²) in [7, 11) is 0. The van der Waals surface area contributed by atoms with Gasteiger partial charge in [-0.15, -0.1) is 11.3 Å². The second-order valence-corrected chi connectivity index (χ2v) is 4.91. The summed E-state index contributed by atoms with van der Waals surface area (Å²) >= 11 is 1.61. The van der Waals surface area contributed by atoms with Gasteiger partial charge in [-0.3, -0.25) is 4.79 Å². The zero-order valence-electron chi connectivity index (χ0n) is 11.7. The predicted molar refractivity (Wildman–Crippen MR) is 77.4 cm³/mol. The number of carbonyl (C=O) groups is 1. The molecule has 0 aliphatic rings. The van der Waals surface area contributed by atoms with Gasteiger partial charge in [0, 0.05) is 38.1 Å². The zero-order chi connectivity index (χ0) is 14.1. The summed E-state index contributed by atoms with van der Waals surface area (Å²) in [5.74, 6) is -0.0545. The molecule has 6 heteroatoms. The molecule has 1 amide bonds. The molecule has 0 spiro atoms. The fourth-order valence-electron chi connectivity index (χ4n) is 1.62. The largest absolute Gasteiger partial charge is 0.352 e. The van der Waals surface area contributed by atoms with Crippen molar-refractivity contribution in [3.05, 3.63) is 16.3 Å². The van der Waals surface area contributed by atoms with Crippen LogP contribution in [0.5, 0.6) is 0 Å². The Balaban J connectivity index is 2.39. The highest BCUT2D eigenvalue weighted by Crippen LogP contribution is 2.21. The van der Waals surface area contributed by atoms with Crippen LogP contribution in [0.3, 0.4) is 0 Å². The first-order valence-corrected chi connectivity index (χ1v) is 7.33. The standard InChI is InChI=1S/C13H22N2O3S/c1-4-17-13(18-5-2)9-14-8-12-11(6-7-19-12)15-10(3)16/h6-7,13-14H,4-5,8-9H2,1-3H3,(H,15,16). The van der Waals surface area contributed by atoms with Crippen molar-refractivity contribution in [3.63, 3.8) is 0 Å². The van der Waals surface area contributed by atoms with Crippen LogP contribution >= 0.6 is 11.3 Å². The average Bonchev–Trinajstić information content (AvgIpc) is 2.76. The predicted octanol–water partition coefficient (Wildman–Crippen LogP) is 2.20. The van der Waals surface area contributed by atoms with Crippen LogP contribution in [0, 0.1) is 0 Å². The molecule has 1 aromatic heterocycles. The lowest BCUT2D eigenvalue weighted by Gasteiger charge is -2.17. The van der Waals surface area contributed by atoms with E-state index >= 15 is 0 Å². The number of carbonyl (C=O) groups excluding carboxylic acids is 1. The average molecular weight is 286 g/mol. The molecule has 5 nitrogen and oxygen atoms in total. The molecule has 2 N–H and O–H groups in total. The summed E-state index contributed by atoms with van der Waals surface area (Å²) < 4.78 is 10.9. The summed E-state index contributed by atoms with van der Waals surface area (Å²) in [5.41, 5.74) is 0.870. The Bertz CT molecular complexity index is 376. The van der Waals surface area contributed by atoms with Gasteiger partial charge in [-0.1, -0.05) is 0 Å². The van der Waals surface area contributed by atoms with Crippen molar-refractivity contribution in [2.75, 3.05) is 25.1 Å². The maximum Gasteiger partial charge on any atom is 0.221 e. The van der Waals surface area contributed by atoms with Gasteiger partial charge < -0.3 is 20.1 Å². The molecule has 108 valence electrons. The van der Waals surface area contributed by atoms with Gasteiger partial charge in [-0.2, -0.15) is 0 Å². The number of ether oxygens (including phenoxy) is 2. The van der Waals surface area contributed by atoms with Crippen LogP contribution < -0.4 is 10.6 Å². The van der Waals surface area contributed by atoms with Crippen LogP contribution in [-0.4, -0.2) is 32.0 Å². The maximum atomic E-state index is 11.0. The lowest BCUT2D eigenvalue weighted by molar-refractivity contribution is -0.133. The molecular weight excluding hydrogens is 264 g/mol. The molecule has 0 fully saturated rings. The van der Waals surface area contributed by atoms with Gasteiger partial charge in [-0.05, 0) is 25.3 Å². The third-order valence-electron chi connectivity index (χ3n) is 2.36. The van der Waals surface area contributed by atoms with Crippen molar-refractivity contribution < 1.29 is 14.3 Å². The lowest BCUT2D eigenvalue weighted by Crippen LogP contribution is -2.31. The fraction of sp³-hybridized carbons (Fsp3) is 0.615. The van der Waals surface area contributed by atoms with E-state index in [1.807, 2.05) is 25.3 Å². The van der Waals surface area contributed by atoms with E-state index in [-0.39, 0.29) is 12.2 Å². The smallest absolute Gasteiger partial charge is 0.221 e. The van der Waals surface area contributed by atoms with E-state index in [4.69, 9.17) is 9.47 Å². The van der Waals surface area contributed by atoms with E-state index < -0.39 is 0 Å². The molecule has 1 aromatic rings. The summed E-state index contributed by atoms with van der Waals surface area (Å²) in [6.45, 7) is 7.96. The maximum absolute atomic E-state index is 11.0. The Hall–Kier alpha value is -0.950. The van der Waals surface area contributed by atoms with Crippen molar-refractivity contribution in [2.45, 2.75) is 33.6 Å². The SMILES string of the molecule is CCOC(CNCc1sccc1NC(C)=O)OCC. The minimum atomic E-state index is -0.223. The number of nitrogens with one attached hydrogen (secondary N) is 2. The normalized spacial score (nSPS) is 10.9. The molecule has 0 aliphatic carbocycles. The van der Waals surface area contributed by atoms with Crippen molar-refractivity contribution in [1.82, 2.24) is 5.32 Å². The molecule has 0 saturated heterocycles. The fourth-order valence-corrected chi connectivity index (χ4v) is 2.42. The van der Waals surface area contributed by atoms with Gasteiger partial charge in [0.2, 0.25) is 5.91 Å². The van der Waals surface area contributed by atoms with E-state index in [9.17, 15) is 4.79 Å². The van der Waals surface area contributed by atoms with Crippen molar-refractivity contribution in [1.29, 1.82) is 0 Å². The highest BCUT2D eigenvalue weighted by Gasteiger charge is 2.09. The first-order chi connectivity index (χ1) is 9.17. The molecule has 0 bridgehead atoms. The van der Waals surface area contributed by atoms with E-state index in [1.165, 1.54) is 6.92 Å². The monoisotopic (exact) mass is 286 g/mol. The van der Waals surface area contributed by atoms with Crippen molar-refractivity contribution >= 4 is 22.9 Å². The Morgan fingerprint density at radius 1 is 1.37 bits per heavy atom. The van der Waals surface area contributed by atoms with Crippen LogP contribution in [0.4, 0.5) is 5.69 Å². The van der Waals surface area contributed by atoms with Crippen LogP contribution in [0.15, 0.2) is 11.4 Å². The Morgan fingerprint density at radius 3 is 2.63 bits per heavy atom. The number of hydrogen-bond acceptors (Lipinski definition) is 5. The van der Waals surface area contributed by atoms with E-state index in [2.05, 4.69) is 10.6 Å². The van der Waals surface area contributed by atoms with Crippen LogP contribution in [0.2, 0.25) is 0 Å². The molecule has 0 unspecified atom stereocenters. The zero-order valence-corrected chi connectivity index (χ0v) is 12.5. The number of amides is 1. The van der Waals surface area contributed by atoms with Gasteiger partial charge in [-0.25, -0.2) is 0 Å². The summed E-state index contributed by atoms with van der Waals surface area (Å²) in [5, 5.41) is 8.05. The number of anilines is 1. The third kappa shape index (κ3) is 6.15. The third-order valence-corrected chi connectivity index (χ3v) is 3.28. The molecule has 1 rings (SSSR count). The van der Waals surface area contributed by atoms with Gasteiger partial charge in [0.15, 0.2) is 6.29 Å². The topological polar surface area (TPSA) is 59.6 Å². The minimum Gasteiger partial charge on any atom is -0.352 e. The van der Waals surface area contributed by atoms with E-state index in [0.717, 1.165) is 10.6 Å². The number of rotatable bonds is 9. The van der Waals surface area contributed by atoms with E-state index in [1.54, 1.807) is 11.3 Å². The quantitative estimate of drug-likeness (QED) is 0.683. The van der Waals surface area contributed by atoms with Crippen LogP contribution in [0.1, 0.15) is 25.6 Å². The van der Waals surface area contributed by atoms with Crippen molar-refractivity contribution in [3.8, 4) is 0 Å². The first-order valence-electron chi connectivity index (χ1n) is 6.45. The molecule has 1 heterocycles. The first kappa shape index (κ1) is 16.1. The molecule has 0 aliphatic heterocycles. The van der Waals surface area contributed by atoms with Gasteiger partial charge in [0.05, 0.1) is 5.69 Å². The lowest BCUT2D eigenvalue weighted by atomic mass is 10.3. The molecular formula is C13H22N2O3S. The Labute approximate surface area is 118 Å². The summed E-state index contributed by atoms with van der Waals surface area (Å²) in [4.78, 5) is 12.1. The van der Waals surface area contributed by atoms with Gasteiger partial charge in [0.25, 0.3) is 0 Å². The summed E-state index contributed by atoms with van der Waals surface area (Å²) in [6, 6.07) is 1.91. The number of thiophene rings is 1. The van der Waals surface area contributed by atoms with Crippen LogP contribution in [0.25, 0.3) is 0 Å². The second-order valence-electron chi connectivity index (χ2n) is 3.91. The minimum absolute atomic E-state index is 0.0545. The molecule has 0 saturated carbocycles. The molecule has 0 radical (unpaired) electrons. The molecule has 0 atom stereocenters. The second kappa shape index (κ2) is 9.03. The number of hydrogen-bond donors (Lipinski definition) is 2. The van der Waals surface area contributed by atoms with Crippen LogP contribution in [-0.2, 0) is 20.8 Å². The van der Waals surface area contributed by atoms with Gasteiger partial charge >= 0.3 is 0 Å². The molecule has 19 heavy (non-hydrogen) atoms. The van der Waals surface area contributed by atoms with Crippen molar-refractivity contribution in [2.24, 2.45) is 0 Å². The van der Waals surface area contributed by atoms with E-state index in [0.29, 0.717) is 26.3 Å². The highest BCUT2D eigenvalue weighted by molar-refractivity contribution is 7.10. The highest BCUT2D eigenvalue weighted by atomic mass is 32.1. The van der Waals surface area contributed by atoms with Gasteiger partial charge in [0.1, 0.15) is 0 Å². The Morgan fingerprint density at radius 2 is 2.05 bits per heavy atom. The Kier molecular flexibility index (Phi) is 7.66. The molecule has 0 aromatic carbocycles. The summed E-state index contributed by atoms with van der Waals surface area (Å²) in [6.07, 6.45) is -0.223.